The van der Waals surface area contributed by atoms with Crippen molar-refractivity contribution in [2.75, 3.05) is 0 Å². The summed E-state index contributed by atoms with van der Waals surface area (Å²) >= 11 is 1.84. The molecule has 1 atom stereocenters. The Balaban J connectivity index is 1.59. The first kappa shape index (κ1) is 17.1. The number of nitrogens with zero attached hydrogens (tertiary/aromatic N) is 1. The molecule has 1 fully saturated rings. The van der Waals surface area contributed by atoms with Crippen molar-refractivity contribution >= 4 is 23.9 Å². The molecule has 130 valence electrons. The molecular weight excluding hydrogens is 329 g/mol. The van der Waals surface area contributed by atoms with Crippen LogP contribution in [0.1, 0.15) is 46.6 Å². The van der Waals surface area contributed by atoms with Crippen LogP contribution in [-0.4, -0.2) is 28.1 Å². The lowest BCUT2D eigenvalue weighted by Crippen LogP contribution is -2.41. The molecule has 5 heteroatoms. The van der Waals surface area contributed by atoms with E-state index in [1.54, 1.807) is 0 Å². The van der Waals surface area contributed by atoms with E-state index >= 15 is 0 Å². The normalized spacial score (nSPS) is 29.8. The third kappa shape index (κ3) is 2.82. The van der Waals surface area contributed by atoms with E-state index < -0.39 is 0 Å². The lowest BCUT2D eigenvalue weighted by Gasteiger charge is -2.32. The van der Waals surface area contributed by atoms with Crippen molar-refractivity contribution in [2.24, 2.45) is 4.99 Å². The van der Waals surface area contributed by atoms with Gasteiger partial charge in [-0.05, 0) is 52.6 Å². The molecule has 0 radical (unpaired) electrons. The van der Waals surface area contributed by atoms with Crippen molar-refractivity contribution in [2.45, 2.75) is 57.0 Å². The van der Waals surface area contributed by atoms with Crippen molar-refractivity contribution in [1.29, 1.82) is 0 Å². The smallest absolute Gasteiger partial charge is 0.400 e. The van der Waals surface area contributed by atoms with Gasteiger partial charge in [0.2, 0.25) is 0 Å². The zero-order valence-corrected chi connectivity index (χ0v) is 16.3. The second-order valence-electron chi connectivity index (χ2n) is 8.17. The summed E-state index contributed by atoms with van der Waals surface area (Å²) in [5.41, 5.74) is 2.90. The topological polar surface area (TPSA) is 30.8 Å². The number of aliphatic imine (C=N–C) groups is 1. The third-order valence-corrected chi connectivity index (χ3v) is 6.98. The Bertz CT molecular complexity index is 781. The van der Waals surface area contributed by atoms with Gasteiger partial charge >= 0.3 is 7.12 Å². The van der Waals surface area contributed by atoms with Crippen LogP contribution < -0.4 is 0 Å². The highest BCUT2D eigenvalue weighted by molar-refractivity contribution is 8.16. The molecule has 2 aliphatic heterocycles. The Labute approximate surface area is 154 Å². The summed E-state index contributed by atoms with van der Waals surface area (Å²) in [5, 5.41) is 1.10. The van der Waals surface area contributed by atoms with E-state index in [2.05, 4.69) is 71.0 Å². The summed E-state index contributed by atoms with van der Waals surface area (Å²) in [4.78, 5) is 4.88. The fraction of sp³-hybridized carbons (Fsp3) is 0.450. The van der Waals surface area contributed by atoms with E-state index in [0.717, 1.165) is 17.2 Å². The SMILES string of the molecule is CC12CC(B3OC(C)(C)C(C)(C)O3)=CC=C1N=C(c1ccccc1)S2. The van der Waals surface area contributed by atoms with Gasteiger partial charge in [0.25, 0.3) is 0 Å². The molecule has 1 aliphatic carbocycles. The van der Waals surface area contributed by atoms with Crippen molar-refractivity contribution in [1.82, 2.24) is 0 Å². The molecular formula is C20H24BNO2S. The summed E-state index contributed by atoms with van der Waals surface area (Å²) in [7, 11) is -0.277. The van der Waals surface area contributed by atoms with Crippen molar-refractivity contribution in [3.8, 4) is 0 Å². The number of rotatable bonds is 2. The maximum atomic E-state index is 6.24. The monoisotopic (exact) mass is 353 g/mol. The molecule has 0 amide bonds. The van der Waals surface area contributed by atoms with Crippen LogP contribution in [0.3, 0.4) is 0 Å². The van der Waals surface area contributed by atoms with Crippen LogP contribution in [0, 0.1) is 0 Å². The lowest BCUT2D eigenvalue weighted by atomic mass is 9.71. The molecule has 2 heterocycles. The van der Waals surface area contributed by atoms with Crippen molar-refractivity contribution in [3.05, 3.63) is 59.2 Å². The van der Waals surface area contributed by atoms with E-state index in [4.69, 9.17) is 14.3 Å². The minimum Gasteiger partial charge on any atom is -0.400 e. The molecule has 1 aromatic rings. The van der Waals surface area contributed by atoms with Gasteiger partial charge in [-0.2, -0.15) is 0 Å². The first-order chi connectivity index (χ1) is 11.7. The summed E-state index contributed by atoms with van der Waals surface area (Å²) in [5.74, 6) is 0. The van der Waals surface area contributed by atoms with Gasteiger partial charge in [-0.25, -0.2) is 4.99 Å². The van der Waals surface area contributed by atoms with Gasteiger partial charge in [0, 0.05) is 5.56 Å². The van der Waals surface area contributed by atoms with Crippen LogP contribution in [0.25, 0.3) is 0 Å². The Morgan fingerprint density at radius 2 is 1.60 bits per heavy atom. The predicted molar refractivity (Wildman–Crippen MR) is 106 cm³/mol. The van der Waals surface area contributed by atoms with Crippen LogP contribution >= 0.6 is 11.8 Å². The second-order valence-corrected chi connectivity index (χ2v) is 9.67. The van der Waals surface area contributed by atoms with Crippen molar-refractivity contribution in [3.63, 3.8) is 0 Å². The van der Waals surface area contributed by atoms with Gasteiger partial charge < -0.3 is 9.31 Å². The zero-order valence-electron chi connectivity index (χ0n) is 15.5. The number of thioether (sulfide) groups is 1. The fourth-order valence-corrected chi connectivity index (χ4v) is 4.63. The molecule has 0 spiro atoms. The highest BCUT2D eigenvalue weighted by Crippen LogP contribution is 2.50. The summed E-state index contributed by atoms with van der Waals surface area (Å²) in [6.45, 7) is 10.7. The molecule has 0 N–H and O–H groups in total. The van der Waals surface area contributed by atoms with E-state index in [-0.39, 0.29) is 23.1 Å². The summed E-state index contributed by atoms with van der Waals surface area (Å²) in [6.07, 6.45) is 5.16. The van der Waals surface area contributed by atoms with Crippen LogP contribution in [0.2, 0.25) is 0 Å². The van der Waals surface area contributed by atoms with Crippen LogP contribution in [0.4, 0.5) is 0 Å². The average molecular weight is 353 g/mol. The zero-order chi connectivity index (χ0) is 17.9. The molecule has 0 aromatic heterocycles. The van der Waals surface area contributed by atoms with E-state index in [1.165, 1.54) is 11.0 Å². The molecule has 4 rings (SSSR count). The van der Waals surface area contributed by atoms with Gasteiger partial charge in [0.15, 0.2) is 0 Å². The number of hydrogen-bond acceptors (Lipinski definition) is 4. The number of benzene rings is 1. The standard InChI is InChI=1S/C20H24BNO2S/c1-18(2)19(3,4)24-21(23-18)15-11-12-16-20(5,13-15)25-17(22-16)14-9-7-6-8-10-14/h6-12H,13H2,1-5H3. The molecule has 3 nitrogen and oxygen atoms in total. The van der Waals surface area contributed by atoms with E-state index in [1.807, 2.05) is 17.8 Å². The largest absolute Gasteiger partial charge is 0.490 e. The minimum atomic E-state index is -0.308. The van der Waals surface area contributed by atoms with E-state index in [9.17, 15) is 0 Å². The summed E-state index contributed by atoms with van der Waals surface area (Å²) in [6, 6.07) is 10.4. The number of allylic oxidation sites excluding steroid dienone is 3. The first-order valence-electron chi connectivity index (χ1n) is 8.80. The van der Waals surface area contributed by atoms with Crippen LogP contribution in [0.15, 0.2) is 58.6 Å². The molecule has 1 unspecified atom stereocenters. The van der Waals surface area contributed by atoms with Gasteiger partial charge in [0.1, 0.15) is 5.04 Å². The Morgan fingerprint density at radius 1 is 0.960 bits per heavy atom. The Kier molecular flexibility index (Phi) is 3.84. The minimum absolute atomic E-state index is 0.0567. The Morgan fingerprint density at radius 3 is 2.24 bits per heavy atom. The second kappa shape index (κ2) is 5.60. The van der Waals surface area contributed by atoms with Crippen LogP contribution in [-0.2, 0) is 9.31 Å². The highest BCUT2D eigenvalue weighted by atomic mass is 32.2. The van der Waals surface area contributed by atoms with Gasteiger partial charge in [-0.1, -0.05) is 48.2 Å². The lowest BCUT2D eigenvalue weighted by molar-refractivity contribution is 0.00578. The van der Waals surface area contributed by atoms with E-state index in [0.29, 0.717) is 0 Å². The average Bonchev–Trinajstić information content (AvgIpc) is 3.01. The van der Waals surface area contributed by atoms with Crippen LogP contribution in [0.5, 0.6) is 0 Å². The van der Waals surface area contributed by atoms with Gasteiger partial charge in [-0.15, -0.1) is 0 Å². The van der Waals surface area contributed by atoms with Gasteiger partial charge in [-0.3, -0.25) is 0 Å². The number of fused-ring (bicyclic) bond motifs is 1. The van der Waals surface area contributed by atoms with Crippen molar-refractivity contribution < 1.29 is 9.31 Å². The fourth-order valence-electron chi connectivity index (χ4n) is 3.35. The van der Waals surface area contributed by atoms with Gasteiger partial charge in [0.05, 0.1) is 21.6 Å². The summed E-state index contributed by atoms with van der Waals surface area (Å²) < 4.78 is 12.4. The highest BCUT2D eigenvalue weighted by Gasteiger charge is 2.54. The molecule has 0 bridgehead atoms. The molecule has 3 aliphatic rings. The maximum absolute atomic E-state index is 6.24. The molecule has 25 heavy (non-hydrogen) atoms. The maximum Gasteiger partial charge on any atom is 0.490 e. The first-order valence-corrected chi connectivity index (χ1v) is 9.62. The molecule has 1 aromatic carbocycles. The quantitative estimate of drug-likeness (QED) is 0.717. The Hall–Kier alpha value is -1.30. The molecule has 1 saturated heterocycles. The predicted octanol–water partition coefficient (Wildman–Crippen LogP) is 4.78. The number of hydrogen-bond donors (Lipinski definition) is 0. The molecule has 0 saturated carbocycles. The third-order valence-electron chi connectivity index (χ3n) is 5.66.